The Morgan fingerprint density at radius 3 is 2.62 bits per heavy atom. The Hall–Kier alpha value is -1.37. The van der Waals surface area contributed by atoms with Gasteiger partial charge in [-0.3, -0.25) is 4.79 Å². The Morgan fingerprint density at radius 2 is 2.00 bits per heavy atom. The van der Waals surface area contributed by atoms with E-state index in [4.69, 9.17) is 0 Å². The molecule has 0 spiro atoms. The number of carbonyl (C=O) groups is 1. The highest BCUT2D eigenvalue weighted by Crippen LogP contribution is 2.02. The van der Waals surface area contributed by atoms with Gasteiger partial charge in [0.25, 0.3) is 0 Å². The monoisotopic (exact) mass is 174 g/mol. The van der Waals surface area contributed by atoms with Crippen LogP contribution in [0, 0.1) is 0 Å². The number of aryl methyl sites for hydroxylation is 1. The maximum Gasteiger partial charge on any atom is 0.152 e. The first-order valence-electron chi connectivity index (χ1n) is 4.50. The van der Waals surface area contributed by atoms with Crippen LogP contribution in [0.25, 0.3) is 0 Å². The van der Waals surface area contributed by atoms with Crippen LogP contribution < -0.4 is 0 Å². The van der Waals surface area contributed by atoms with Crippen LogP contribution in [0.5, 0.6) is 0 Å². The highest BCUT2D eigenvalue weighted by molar-refractivity contribution is 5.87. The molecule has 0 aliphatic rings. The molecule has 0 saturated carbocycles. The SMILES string of the molecule is CC(=O)C=CCCc1ccccc1. The fraction of sp³-hybridized carbons (Fsp3) is 0.250. The Morgan fingerprint density at radius 1 is 1.31 bits per heavy atom. The molecule has 1 aromatic carbocycles. The third kappa shape index (κ3) is 4.26. The van der Waals surface area contributed by atoms with E-state index in [9.17, 15) is 4.79 Å². The third-order valence-corrected chi connectivity index (χ3v) is 1.80. The van der Waals surface area contributed by atoms with Crippen LogP contribution in [0.15, 0.2) is 42.5 Å². The number of hydrogen-bond acceptors (Lipinski definition) is 1. The fourth-order valence-corrected chi connectivity index (χ4v) is 1.14. The predicted molar refractivity (Wildman–Crippen MR) is 54.6 cm³/mol. The van der Waals surface area contributed by atoms with Gasteiger partial charge in [0.15, 0.2) is 5.78 Å². The average molecular weight is 174 g/mol. The van der Waals surface area contributed by atoms with Gasteiger partial charge in [-0.1, -0.05) is 36.4 Å². The van der Waals surface area contributed by atoms with Gasteiger partial charge < -0.3 is 0 Å². The lowest BCUT2D eigenvalue weighted by Gasteiger charge is -1.95. The minimum Gasteiger partial charge on any atom is -0.295 e. The Labute approximate surface area is 79.1 Å². The highest BCUT2D eigenvalue weighted by Gasteiger charge is 1.88. The van der Waals surface area contributed by atoms with Crippen molar-refractivity contribution in [2.24, 2.45) is 0 Å². The van der Waals surface area contributed by atoms with Crippen molar-refractivity contribution in [1.29, 1.82) is 0 Å². The zero-order valence-corrected chi connectivity index (χ0v) is 7.86. The molecule has 0 aliphatic carbocycles. The van der Waals surface area contributed by atoms with Gasteiger partial charge in [0.2, 0.25) is 0 Å². The van der Waals surface area contributed by atoms with Crippen molar-refractivity contribution in [3.63, 3.8) is 0 Å². The molecule has 0 atom stereocenters. The van der Waals surface area contributed by atoms with Crippen molar-refractivity contribution in [3.05, 3.63) is 48.0 Å². The van der Waals surface area contributed by atoms with E-state index in [0.29, 0.717) is 0 Å². The summed E-state index contributed by atoms with van der Waals surface area (Å²) in [7, 11) is 0. The maximum absolute atomic E-state index is 10.6. The minimum absolute atomic E-state index is 0.119. The van der Waals surface area contributed by atoms with Gasteiger partial charge in [-0.25, -0.2) is 0 Å². The molecule has 0 fully saturated rings. The van der Waals surface area contributed by atoms with Crippen LogP contribution in [-0.4, -0.2) is 5.78 Å². The summed E-state index contributed by atoms with van der Waals surface area (Å²) in [5, 5.41) is 0. The quantitative estimate of drug-likeness (QED) is 0.641. The summed E-state index contributed by atoms with van der Waals surface area (Å²) >= 11 is 0. The number of ketones is 1. The van der Waals surface area contributed by atoms with Crippen LogP contribution in [0.2, 0.25) is 0 Å². The molecule has 0 unspecified atom stereocenters. The predicted octanol–water partition coefficient (Wildman–Crippen LogP) is 2.76. The molecule has 0 aromatic heterocycles. The zero-order chi connectivity index (χ0) is 9.52. The van der Waals surface area contributed by atoms with Gasteiger partial charge in [0, 0.05) is 0 Å². The van der Waals surface area contributed by atoms with Crippen molar-refractivity contribution < 1.29 is 4.79 Å². The van der Waals surface area contributed by atoms with E-state index in [1.165, 1.54) is 5.56 Å². The van der Waals surface area contributed by atoms with Crippen LogP contribution in [-0.2, 0) is 11.2 Å². The normalized spacial score (nSPS) is 10.5. The van der Waals surface area contributed by atoms with E-state index in [0.717, 1.165) is 12.8 Å². The molecule has 1 heteroatoms. The van der Waals surface area contributed by atoms with Crippen molar-refractivity contribution in [3.8, 4) is 0 Å². The van der Waals surface area contributed by atoms with Gasteiger partial charge in [-0.15, -0.1) is 0 Å². The van der Waals surface area contributed by atoms with E-state index in [2.05, 4.69) is 12.1 Å². The second-order valence-corrected chi connectivity index (χ2v) is 3.04. The Bertz CT molecular complexity index is 285. The fourth-order valence-electron chi connectivity index (χ4n) is 1.14. The van der Waals surface area contributed by atoms with Gasteiger partial charge >= 0.3 is 0 Å². The summed E-state index contributed by atoms with van der Waals surface area (Å²) in [6, 6.07) is 10.3. The maximum atomic E-state index is 10.6. The molecule has 0 bridgehead atoms. The standard InChI is InChI=1S/C12H14O/c1-11(13)7-5-6-10-12-8-3-2-4-9-12/h2-5,7-9H,6,10H2,1H3. The van der Waals surface area contributed by atoms with Crippen LogP contribution >= 0.6 is 0 Å². The summed E-state index contributed by atoms with van der Waals surface area (Å²) in [5.41, 5.74) is 1.32. The number of hydrogen-bond donors (Lipinski definition) is 0. The van der Waals surface area contributed by atoms with Gasteiger partial charge in [0.1, 0.15) is 0 Å². The van der Waals surface area contributed by atoms with Gasteiger partial charge in [0.05, 0.1) is 0 Å². The van der Waals surface area contributed by atoms with Gasteiger partial charge in [-0.2, -0.15) is 0 Å². The van der Waals surface area contributed by atoms with Crippen molar-refractivity contribution in [1.82, 2.24) is 0 Å². The largest absolute Gasteiger partial charge is 0.295 e. The molecular weight excluding hydrogens is 160 g/mol. The summed E-state index contributed by atoms with van der Waals surface area (Å²) in [6.07, 6.45) is 5.49. The van der Waals surface area contributed by atoms with E-state index >= 15 is 0 Å². The van der Waals surface area contributed by atoms with E-state index in [-0.39, 0.29) is 5.78 Å². The Balaban J connectivity index is 2.32. The first-order chi connectivity index (χ1) is 6.29. The smallest absolute Gasteiger partial charge is 0.152 e. The molecule has 68 valence electrons. The van der Waals surface area contributed by atoms with Crippen LogP contribution in [0.1, 0.15) is 18.9 Å². The minimum atomic E-state index is 0.119. The summed E-state index contributed by atoms with van der Waals surface area (Å²) in [5.74, 6) is 0.119. The van der Waals surface area contributed by atoms with Crippen molar-refractivity contribution in [2.45, 2.75) is 19.8 Å². The molecule has 0 heterocycles. The molecular formula is C12H14O. The zero-order valence-electron chi connectivity index (χ0n) is 7.86. The van der Waals surface area contributed by atoms with Crippen molar-refractivity contribution in [2.75, 3.05) is 0 Å². The first kappa shape index (κ1) is 9.72. The Kier molecular flexibility index (Phi) is 3.97. The van der Waals surface area contributed by atoms with E-state index < -0.39 is 0 Å². The molecule has 0 radical (unpaired) electrons. The molecule has 0 saturated heterocycles. The third-order valence-electron chi connectivity index (χ3n) is 1.80. The summed E-state index contributed by atoms with van der Waals surface area (Å²) in [6.45, 7) is 1.57. The molecule has 1 rings (SSSR count). The topological polar surface area (TPSA) is 17.1 Å². The summed E-state index contributed by atoms with van der Waals surface area (Å²) < 4.78 is 0. The second-order valence-electron chi connectivity index (χ2n) is 3.04. The number of rotatable bonds is 4. The average Bonchev–Trinajstić information content (AvgIpc) is 2.14. The van der Waals surface area contributed by atoms with Crippen LogP contribution in [0.4, 0.5) is 0 Å². The lowest BCUT2D eigenvalue weighted by molar-refractivity contribution is -0.112. The number of allylic oxidation sites excluding steroid dienone is 2. The number of benzene rings is 1. The molecule has 1 aromatic rings. The second kappa shape index (κ2) is 5.31. The van der Waals surface area contributed by atoms with Gasteiger partial charge in [-0.05, 0) is 31.4 Å². The van der Waals surface area contributed by atoms with Crippen LogP contribution in [0.3, 0.4) is 0 Å². The lowest BCUT2D eigenvalue weighted by atomic mass is 10.1. The summed E-state index contributed by atoms with van der Waals surface area (Å²) in [4.78, 5) is 10.6. The molecule has 1 nitrogen and oxygen atoms in total. The molecule has 0 N–H and O–H groups in total. The molecule has 0 amide bonds. The van der Waals surface area contributed by atoms with E-state index in [1.54, 1.807) is 13.0 Å². The molecule has 0 aliphatic heterocycles. The first-order valence-corrected chi connectivity index (χ1v) is 4.50. The number of carbonyl (C=O) groups excluding carboxylic acids is 1. The van der Waals surface area contributed by atoms with Crippen molar-refractivity contribution >= 4 is 5.78 Å². The molecule has 13 heavy (non-hydrogen) atoms. The highest BCUT2D eigenvalue weighted by atomic mass is 16.1. The van der Waals surface area contributed by atoms with E-state index in [1.807, 2.05) is 24.3 Å². The lowest BCUT2D eigenvalue weighted by Crippen LogP contribution is -1.83.